The predicted octanol–water partition coefficient (Wildman–Crippen LogP) is 5.24. The predicted molar refractivity (Wildman–Crippen MR) is 110 cm³/mol. The highest BCUT2D eigenvalue weighted by Gasteiger charge is 2.15. The Labute approximate surface area is 159 Å². The Balaban J connectivity index is 1.95. The number of thioether (sulfide) groups is 1. The maximum atomic E-state index is 12.4. The molecule has 0 aromatic heterocycles. The van der Waals surface area contributed by atoms with E-state index in [9.17, 15) is 9.59 Å². The molecule has 2 N–H and O–H groups in total. The number of aryl methyl sites for hydroxylation is 1. The van der Waals surface area contributed by atoms with Crippen molar-refractivity contribution in [2.75, 3.05) is 10.6 Å². The molecule has 5 heteroatoms. The number of carbonyl (C=O) groups is 2. The summed E-state index contributed by atoms with van der Waals surface area (Å²) < 4.78 is 0. The standard InChI is InChI=1S/C21H26N2O2S/c1-4-5-13-20(24)22-17-10-8-11-18(14-17)26-16(3)21(25)23-19-12-7-6-9-15(19)2/h6-12,14,16H,4-5,13H2,1-3H3,(H,22,24)(H,23,25). The number of benzene rings is 2. The van der Waals surface area contributed by atoms with Gasteiger partial charge in [0.1, 0.15) is 0 Å². The average molecular weight is 371 g/mol. The van der Waals surface area contributed by atoms with E-state index < -0.39 is 0 Å². The molecule has 138 valence electrons. The summed E-state index contributed by atoms with van der Waals surface area (Å²) in [6.45, 7) is 5.91. The molecule has 0 aliphatic carbocycles. The second-order valence-electron chi connectivity index (χ2n) is 6.24. The molecule has 0 radical (unpaired) electrons. The van der Waals surface area contributed by atoms with Crippen LogP contribution in [-0.4, -0.2) is 17.1 Å². The molecule has 4 nitrogen and oxygen atoms in total. The van der Waals surface area contributed by atoms with Crippen molar-refractivity contribution < 1.29 is 9.59 Å². The first-order chi connectivity index (χ1) is 12.5. The molecule has 0 saturated carbocycles. The van der Waals surface area contributed by atoms with Gasteiger partial charge >= 0.3 is 0 Å². The lowest BCUT2D eigenvalue weighted by Gasteiger charge is -2.14. The third kappa shape index (κ3) is 6.23. The summed E-state index contributed by atoms with van der Waals surface area (Å²) in [4.78, 5) is 25.3. The van der Waals surface area contributed by atoms with Gasteiger partial charge < -0.3 is 10.6 Å². The summed E-state index contributed by atoms with van der Waals surface area (Å²) in [5.41, 5.74) is 2.64. The largest absolute Gasteiger partial charge is 0.326 e. The van der Waals surface area contributed by atoms with E-state index in [1.165, 1.54) is 11.8 Å². The second kappa shape index (κ2) is 10.0. The molecule has 2 aromatic rings. The molecule has 0 aliphatic heterocycles. The molecule has 0 aliphatic rings. The first-order valence-corrected chi connectivity index (χ1v) is 9.80. The summed E-state index contributed by atoms with van der Waals surface area (Å²) in [6, 6.07) is 15.3. The Hall–Kier alpha value is -2.27. The molecule has 1 unspecified atom stereocenters. The fourth-order valence-corrected chi connectivity index (χ4v) is 3.34. The average Bonchev–Trinajstić information content (AvgIpc) is 2.62. The molecule has 0 spiro atoms. The van der Waals surface area contributed by atoms with Gasteiger partial charge in [0.05, 0.1) is 5.25 Å². The third-order valence-electron chi connectivity index (χ3n) is 3.96. The van der Waals surface area contributed by atoms with Crippen LogP contribution in [0.4, 0.5) is 11.4 Å². The summed E-state index contributed by atoms with van der Waals surface area (Å²) >= 11 is 1.47. The van der Waals surface area contributed by atoms with Crippen molar-refractivity contribution >= 4 is 35.0 Å². The van der Waals surface area contributed by atoms with Crippen LogP contribution in [0, 0.1) is 6.92 Å². The fourth-order valence-electron chi connectivity index (χ4n) is 2.41. The Morgan fingerprint density at radius 1 is 1.08 bits per heavy atom. The quantitative estimate of drug-likeness (QED) is 0.625. The van der Waals surface area contributed by atoms with E-state index in [1.807, 2.05) is 62.4 Å². The van der Waals surface area contributed by atoms with Crippen LogP contribution in [0.25, 0.3) is 0 Å². The van der Waals surface area contributed by atoms with Gasteiger partial charge in [-0.05, 0) is 50.1 Å². The van der Waals surface area contributed by atoms with Gasteiger partial charge in [-0.25, -0.2) is 0 Å². The second-order valence-corrected chi connectivity index (χ2v) is 7.66. The number of unbranched alkanes of at least 4 members (excludes halogenated alkanes) is 1. The van der Waals surface area contributed by atoms with Gasteiger partial charge in [0.2, 0.25) is 11.8 Å². The van der Waals surface area contributed by atoms with Crippen molar-refractivity contribution in [1.29, 1.82) is 0 Å². The maximum Gasteiger partial charge on any atom is 0.237 e. The molecular weight excluding hydrogens is 344 g/mol. The minimum Gasteiger partial charge on any atom is -0.326 e. The van der Waals surface area contributed by atoms with Crippen LogP contribution in [-0.2, 0) is 9.59 Å². The summed E-state index contributed by atoms with van der Waals surface area (Å²) in [7, 11) is 0. The van der Waals surface area contributed by atoms with Crippen LogP contribution in [0.15, 0.2) is 53.4 Å². The van der Waals surface area contributed by atoms with Crippen molar-refractivity contribution in [1.82, 2.24) is 0 Å². The summed E-state index contributed by atoms with van der Waals surface area (Å²) in [6.07, 6.45) is 2.41. The Bertz CT molecular complexity index is 761. The van der Waals surface area contributed by atoms with E-state index in [0.29, 0.717) is 6.42 Å². The minimum absolute atomic E-state index is 0.0272. The number of anilines is 2. The SMILES string of the molecule is CCCCC(=O)Nc1cccc(SC(C)C(=O)Nc2ccccc2C)c1. The van der Waals surface area contributed by atoms with Gasteiger partial charge in [0.25, 0.3) is 0 Å². The number of hydrogen-bond acceptors (Lipinski definition) is 3. The lowest BCUT2D eigenvalue weighted by molar-refractivity contribution is -0.116. The normalized spacial score (nSPS) is 11.7. The van der Waals surface area contributed by atoms with E-state index in [-0.39, 0.29) is 17.1 Å². The van der Waals surface area contributed by atoms with Crippen LogP contribution in [0.2, 0.25) is 0 Å². The molecule has 2 amide bonds. The van der Waals surface area contributed by atoms with Crippen molar-refractivity contribution in [3.05, 3.63) is 54.1 Å². The molecule has 1 atom stereocenters. The summed E-state index contributed by atoms with van der Waals surface area (Å²) in [5, 5.41) is 5.64. The molecule has 0 fully saturated rings. The van der Waals surface area contributed by atoms with E-state index in [0.717, 1.165) is 34.7 Å². The van der Waals surface area contributed by atoms with Crippen LogP contribution in [0.5, 0.6) is 0 Å². The van der Waals surface area contributed by atoms with Gasteiger partial charge in [-0.3, -0.25) is 9.59 Å². The molecule has 2 aromatic carbocycles. The smallest absolute Gasteiger partial charge is 0.237 e. The van der Waals surface area contributed by atoms with Gasteiger partial charge in [0.15, 0.2) is 0 Å². The Kier molecular flexibility index (Phi) is 7.73. The number of carbonyl (C=O) groups excluding carboxylic acids is 2. The summed E-state index contributed by atoms with van der Waals surface area (Å²) in [5.74, 6) is -0.0129. The van der Waals surface area contributed by atoms with Gasteiger partial charge in [-0.15, -0.1) is 11.8 Å². The number of hydrogen-bond donors (Lipinski definition) is 2. The van der Waals surface area contributed by atoms with Gasteiger partial charge in [-0.2, -0.15) is 0 Å². The highest BCUT2D eigenvalue weighted by Crippen LogP contribution is 2.27. The van der Waals surface area contributed by atoms with Gasteiger partial charge in [-0.1, -0.05) is 37.6 Å². The first-order valence-electron chi connectivity index (χ1n) is 8.92. The maximum absolute atomic E-state index is 12.4. The zero-order valence-electron chi connectivity index (χ0n) is 15.5. The molecule has 2 rings (SSSR count). The van der Waals surface area contributed by atoms with Crippen LogP contribution in [0.1, 0.15) is 38.7 Å². The first kappa shape index (κ1) is 20.0. The number of amides is 2. The number of nitrogens with one attached hydrogen (secondary N) is 2. The molecule has 26 heavy (non-hydrogen) atoms. The molecule has 0 bridgehead atoms. The monoisotopic (exact) mass is 370 g/mol. The zero-order chi connectivity index (χ0) is 18.9. The molecule has 0 heterocycles. The van der Waals surface area contributed by atoms with E-state index >= 15 is 0 Å². The molecular formula is C21H26N2O2S. The van der Waals surface area contributed by atoms with Crippen molar-refractivity contribution in [3.63, 3.8) is 0 Å². The highest BCUT2D eigenvalue weighted by molar-refractivity contribution is 8.00. The van der Waals surface area contributed by atoms with Crippen molar-refractivity contribution in [3.8, 4) is 0 Å². The van der Waals surface area contributed by atoms with Crippen LogP contribution < -0.4 is 10.6 Å². The minimum atomic E-state index is -0.249. The van der Waals surface area contributed by atoms with Crippen LogP contribution >= 0.6 is 11.8 Å². The Morgan fingerprint density at radius 3 is 2.58 bits per heavy atom. The lowest BCUT2D eigenvalue weighted by Crippen LogP contribution is -2.22. The van der Waals surface area contributed by atoms with Gasteiger partial charge in [0, 0.05) is 22.7 Å². The number of rotatable bonds is 8. The van der Waals surface area contributed by atoms with E-state index in [2.05, 4.69) is 17.6 Å². The zero-order valence-corrected chi connectivity index (χ0v) is 16.4. The highest BCUT2D eigenvalue weighted by atomic mass is 32.2. The van der Waals surface area contributed by atoms with E-state index in [1.54, 1.807) is 0 Å². The third-order valence-corrected chi connectivity index (χ3v) is 5.05. The molecule has 0 saturated heterocycles. The van der Waals surface area contributed by atoms with Crippen LogP contribution in [0.3, 0.4) is 0 Å². The van der Waals surface area contributed by atoms with Crippen molar-refractivity contribution in [2.45, 2.75) is 50.2 Å². The van der Waals surface area contributed by atoms with E-state index in [4.69, 9.17) is 0 Å². The topological polar surface area (TPSA) is 58.2 Å². The number of para-hydroxylation sites is 1. The fraction of sp³-hybridized carbons (Fsp3) is 0.333. The lowest BCUT2D eigenvalue weighted by atomic mass is 10.2. The van der Waals surface area contributed by atoms with Crippen molar-refractivity contribution in [2.24, 2.45) is 0 Å². The Morgan fingerprint density at radius 2 is 1.85 bits per heavy atom.